The Balaban J connectivity index is 1.70. The molecule has 7 heteroatoms. The van der Waals surface area contributed by atoms with Crippen molar-refractivity contribution in [2.45, 2.75) is 64.5 Å². The highest BCUT2D eigenvalue weighted by Gasteiger charge is 2.60. The van der Waals surface area contributed by atoms with Crippen molar-refractivity contribution >= 4 is 39.1 Å². The number of amides is 2. The van der Waals surface area contributed by atoms with Crippen LogP contribution in [0.15, 0.2) is 71.2 Å². The highest BCUT2D eigenvalue weighted by molar-refractivity contribution is 9.10. The van der Waals surface area contributed by atoms with E-state index in [9.17, 15) is 14.7 Å². The molecule has 6 nitrogen and oxygen atoms in total. The van der Waals surface area contributed by atoms with E-state index in [4.69, 9.17) is 4.84 Å². The number of halogens is 1. The summed E-state index contributed by atoms with van der Waals surface area (Å²) in [4.78, 5) is 35.2. The molecule has 5 rings (SSSR count). The number of para-hydroxylation sites is 1. The maximum absolute atomic E-state index is 14.0. The smallest absolute Gasteiger partial charge is 0.266 e. The molecule has 0 saturated carbocycles. The number of aromatic hydroxyl groups is 1. The van der Waals surface area contributed by atoms with Crippen LogP contribution in [0.2, 0.25) is 0 Å². The molecule has 2 saturated heterocycles. The molecule has 0 radical (unpaired) electrons. The maximum atomic E-state index is 14.0. The molecule has 3 aromatic rings. The van der Waals surface area contributed by atoms with Gasteiger partial charge >= 0.3 is 0 Å². The fraction of sp³-hybridized carbons (Fsp3) is 0.355. The van der Waals surface area contributed by atoms with Crippen molar-refractivity contribution in [2.75, 3.05) is 9.96 Å². The molecule has 2 aliphatic heterocycles. The van der Waals surface area contributed by atoms with Crippen LogP contribution in [-0.4, -0.2) is 23.0 Å². The third kappa shape index (κ3) is 4.41. The van der Waals surface area contributed by atoms with E-state index in [2.05, 4.69) is 57.5 Å². The number of phenols is 1. The molecule has 2 aliphatic rings. The van der Waals surface area contributed by atoms with Crippen molar-refractivity contribution < 1.29 is 19.5 Å². The van der Waals surface area contributed by atoms with Crippen LogP contribution in [0.3, 0.4) is 0 Å². The third-order valence-electron chi connectivity index (χ3n) is 7.30. The average molecular weight is 578 g/mol. The Kier molecular flexibility index (Phi) is 6.43. The average Bonchev–Trinajstić information content (AvgIpc) is 3.35. The Bertz CT molecular complexity index is 1360. The molecule has 0 aliphatic carbocycles. The van der Waals surface area contributed by atoms with Gasteiger partial charge in [0.2, 0.25) is 5.91 Å². The number of benzene rings is 3. The van der Waals surface area contributed by atoms with Crippen molar-refractivity contribution in [1.29, 1.82) is 0 Å². The molecule has 3 atom stereocenters. The molecule has 2 amide bonds. The SMILES string of the molecule is CC(C)(C)c1cc(C2C3C(=O)N(c4ccc(Br)cc4)C(=O)C3ON2c2ccccc2)cc(C(C)(C)C)c1O. The fourth-order valence-electron chi connectivity index (χ4n) is 5.37. The number of hydrogen-bond donors (Lipinski definition) is 1. The summed E-state index contributed by atoms with van der Waals surface area (Å²) < 4.78 is 0.860. The minimum atomic E-state index is -0.957. The number of nitrogens with zero attached hydrogens (tertiary/aromatic N) is 2. The highest BCUT2D eigenvalue weighted by atomic mass is 79.9. The quantitative estimate of drug-likeness (QED) is 0.347. The van der Waals surface area contributed by atoms with Gasteiger partial charge in [-0.3, -0.25) is 14.4 Å². The number of hydrogen-bond acceptors (Lipinski definition) is 5. The van der Waals surface area contributed by atoms with E-state index in [0.29, 0.717) is 5.69 Å². The van der Waals surface area contributed by atoms with Gasteiger partial charge in [0.15, 0.2) is 6.10 Å². The van der Waals surface area contributed by atoms with Crippen molar-refractivity contribution in [2.24, 2.45) is 5.92 Å². The highest BCUT2D eigenvalue weighted by Crippen LogP contribution is 2.50. The number of fused-ring (bicyclic) bond motifs is 1. The van der Waals surface area contributed by atoms with Gasteiger partial charge in [-0.2, -0.15) is 0 Å². The van der Waals surface area contributed by atoms with Gasteiger partial charge in [-0.1, -0.05) is 75.7 Å². The molecule has 0 aromatic heterocycles. The van der Waals surface area contributed by atoms with E-state index in [-0.39, 0.29) is 28.4 Å². The zero-order valence-electron chi connectivity index (χ0n) is 22.5. The summed E-state index contributed by atoms with van der Waals surface area (Å²) in [5.41, 5.74) is 2.97. The van der Waals surface area contributed by atoms with E-state index in [1.54, 1.807) is 17.2 Å². The number of rotatable bonds is 3. The largest absolute Gasteiger partial charge is 0.507 e. The first-order valence-corrected chi connectivity index (χ1v) is 13.6. The van der Waals surface area contributed by atoms with Gasteiger partial charge in [0.25, 0.3) is 5.91 Å². The second-order valence-corrected chi connectivity index (χ2v) is 13.0. The fourth-order valence-corrected chi connectivity index (χ4v) is 5.63. The zero-order chi connectivity index (χ0) is 27.6. The van der Waals surface area contributed by atoms with Gasteiger partial charge in [0.05, 0.1) is 17.4 Å². The number of carbonyl (C=O) groups excluding carboxylic acids is 2. The lowest BCUT2D eigenvalue weighted by molar-refractivity contribution is -0.126. The van der Waals surface area contributed by atoms with Crippen LogP contribution in [0.4, 0.5) is 11.4 Å². The lowest BCUT2D eigenvalue weighted by Gasteiger charge is -2.33. The Labute approximate surface area is 232 Å². The number of carbonyl (C=O) groups is 2. The molecular formula is C31H33BrN2O4. The van der Waals surface area contributed by atoms with Gasteiger partial charge in [-0.25, -0.2) is 9.96 Å². The third-order valence-corrected chi connectivity index (χ3v) is 7.83. The van der Waals surface area contributed by atoms with E-state index < -0.39 is 18.1 Å². The first-order valence-electron chi connectivity index (χ1n) is 12.8. The molecule has 2 fully saturated rings. The monoisotopic (exact) mass is 576 g/mol. The molecule has 3 unspecified atom stereocenters. The molecule has 198 valence electrons. The normalized spacial score (nSPS) is 21.8. The van der Waals surface area contributed by atoms with Crippen molar-refractivity contribution in [1.82, 2.24) is 0 Å². The summed E-state index contributed by atoms with van der Waals surface area (Å²) in [5.74, 6) is -1.16. The predicted octanol–water partition coefficient (Wildman–Crippen LogP) is 6.80. The molecule has 0 spiro atoms. The van der Waals surface area contributed by atoms with Crippen LogP contribution in [0.1, 0.15) is 64.3 Å². The van der Waals surface area contributed by atoms with E-state index in [1.165, 1.54) is 4.90 Å². The lowest BCUT2D eigenvalue weighted by Crippen LogP contribution is -2.37. The second-order valence-electron chi connectivity index (χ2n) is 12.1. The molecule has 38 heavy (non-hydrogen) atoms. The minimum Gasteiger partial charge on any atom is -0.507 e. The molecular weight excluding hydrogens is 544 g/mol. The van der Waals surface area contributed by atoms with Crippen LogP contribution >= 0.6 is 15.9 Å². The topological polar surface area (TPSA) is 70.1 Å². The first kappa shape index (κ1) is 26.4. The van der Waals surface area contributed by atoms with Crippen LogP contribution < -0.4 is 9.96 Å². The summed E-state index contributed by atoms with van der Waals surface area (Å²) in [6.45, 7) is 12.3. The van der Waals surface area contributed by atoms with E-state index >= 15 is 0 Å². The minimum absolute atomic E-state index is 0.265. The Morgan fingerprint density at radius 3 is 1.87 bits per heavy atom. The Morgan fingerprint density at radius 2 is 1.34 bits per heavy atom. The van der Waals surface area contributed by atoms with Gasteiger partial charge < -0.3 is 5.11 Å². The summed E-state index contributed by atoms with van der Waals surface area (Å²) in [5, 5.41) is 13.0. The standard InChI is InChI=1S/C31H33BrN2O4/c1-30(2,3)22-16-18(17-23(26(22)35)31(4,5)6)25-24-27(38-34(25)21-10-8-7-9-11-21)29(37)33(28(24)36)20-14-12-19(32)13-15-20/h7-17,24-25,27,35H,1-6H3. The Morgan fingerprint density at radius 1 is 0.789 bits per heavy atom. The second kappa shape index (κ2) is 9.24. The predicted molar refractivity (Wildman–Crippen MR) is 152 cm³/mol. The van der Waals surface area contributed by atoms with Gasteiger partial charge in [0.1, 0.15) is 11.7 Å². The summed E-state index contributed by atoms with van der Waals surface area (Å²) in [7, 11) is 0. The summed E-state index contributed by atoms with van der Waals surface area (Å²) in [6.07, 6.45) is -0.957. The number of phenolic OH excluding ortho intramolecular Hbond substituents is 1. The number of anilines is 2. The summed E-state index contributed by atoms with van der Waals surface area (Å²) >= 11 is 3.42. The van der Waals surface area contributed by atoms with Crippen LogP contribution in [0.25, 0.3) is 0 Å². The van der Waals surface area contributed by atoms with E-state index in [0.717, 1.165) is 26.9 Å². The lowest BCUT2D eigenvalue weighted by atomic mass is 9.76. The maximum Gasteiger partial charge on any atom is 0.266 e. The van der Waals surface area contributed by atoms with Gasteiger partial charge in [-0.15, -0.1) is 0 Å². The summed E-state index contributed by atoms with van der Waals surface area (Å²) in [6, 6.07) is 20.0. The van der Waals surface area contributed by atoms with Gasteiger partial charge in [0, 0.05) is 4.47 Å². The van der Waals surface area contributed by atoms with Crippen molar-refractivity contribution in [3.05, 3.63) is 87.9 Å². The zero-order valence-corrected chi connectivity index (χ0v) is 24.1. The van der Waals surface area contributed by atoms with Crippen LogP contribution in [0.5, 0.6) is 5.75 Å². The molecule has 3 aromatic carbocycles. The van der Waals surface area contributed by atoms with Gasteiger partial charge in [-0.05, 0) is 76.1 Å². The van der Waals surface area contributed by atoms with Crippen molar-refractivity contribution in [3.63, 3.8) is 0 Å². The first-order chi connectivity index (χ1) is 17.8. The Hall–Kier alpha value is -3.16. The number of imide groups is 1. The van der Waals surface area contributed by atoms with Crippen LogP contribution in [0, 0.1) is 5.92 Å². The van der Waals surface area contributed by atoms with Crippen molar-refractivity contribution in [3.8, 4) is 5.75 Å². The molecule has 2 heterocycles. The molecule has 0 bridgehead atoms. The number of hydroxylamine groups is 1. The van der Waals surface area contributed by atoms with Crippen LogP contribution in [-0.2, 0) is 25.3 Å². The molecule has 1 N–H and O–H groups in total. The van der Waals surface area contributed by atoms with E-state index in [1.807, 2.05) is 54.6 Å².